The van der Waals surface area contributed by atoms with Gasteiger partial charge in [-0.15, -0.1) is 0 Å². The molecule has 0 radical (unpaired) electrons. The number of hydrogen-bond acceptors (Lipinski definition) is 1. The second-order valence-corrected chi connectivity index (χ2v) is 3.46. The van der Waals surface area contributed by atoms with E-state index in [-0.39, 0.29) is 5.02 Å². The van der Waals surface area contributed by atoms with Gasteiger partial charge >= 0.3 is 0 Å². The Kier molecular flexibility index (Phi) is 3.16. The normalized spacial score (nSPS) is 10.8. The quantitative estimate of drug-likeness (QED) is 0.725. The fraction of sp³-hybridized carbons (Fsp3) is 0.167. The first-order valence-electron chi connectivity index (χ1n) is 2.81. The molecule has 1 aromatic rings. The summed E-state index contributed by atoms with van der Waals surface area (Å²) in [6, 6.07) is 0. The smallest absolute Gasteiger partial charge is 0.251 e. The third-order valence-corrected chi connectivity index (χ3v) is 2.66. The summed E-state index contributed by atoms with van der Waals surface area (Å²) in [7, 11) is 0. The van der Waals surface area contributed by atoms with E-state index in [1.54, 1.807) is 22.6 Å². The van der Waals surface area contributed by atoms with E-state index in [4.69, 9.17) is 11.6 Å². The maximum absolute atomic E-state index is 12.8. The molecular weight excluding hydrogens is 305 g/mol. The van der Waals surface area contributed by atoms with E-state index < -0.39 is 17.9 Å². The van der Waals surface area contributed by atoms with Gasteiger partial charge in [0.1, 0.15) is 5.69 Å². The van der Waals surface area contributed by atoms with Crippen LogP contribution >= 0.6 is 34.2 Å². The molecular formula is C6H2ClF3IN. The van der Waals surface area contributed by atoms with Crippen molar-refractivity contribution in [2.75, 3.05) is 0 Å². The van der Waals surface area contributed by atoms with E-state index in [1.165, 1.54) is 0 Å². The van der Waals surface area contributed by atoms with Gasteiger partial charge < -0.3 is 0 Å². The first kappa shape index (κ1) is 10.0. The number of alkyl halides is 2. The molecule has 0 aliphatic heterocycles. The zero-order valence-electron chi connectivity index (χ0n) is 5.49. The van der Waals surface area contributed by atoms with Gasteiger partial charge in [0.2, 0.25) is 0 Å². The molecule has 0 fully saturated rings. The van der Waals surface area contributed by atoms with Crippen LogP contribution in [0.25, 0.3) is 0 Å². The summed E-state index contributed by atoms with van der Waals surface area (Å²) in [5.74, 6) is -1.14. The topological polar surface area (TPSA) is 12.9 Å². The van der Waals surface area contributed by atoms with Crippen LogP contribution in [0.2, 0.25) is 5.02 Å². The van der Waals surface area contributed by atoms with Gasteiger partial charge in [0.15, 0.2) is 5.82 Å². The van der Waals surface area contributed by atoms with Crippen molar-refractivity contribution in [3.63, 3.8) is 0 Å². The molecule has 1 aromatic heterocycles. The number of aromatic nitrogens is 1. The molecule has 1 heterocycles. The van der Waals surface area contributed by atoms with Gasteiger partial charge in [-0.2, -0.15) is 0 Å². The van der Waals surface area contributed by atoms with Crippen LogP contribution in [0, 0.1) is 9.39 Å². The van der Waals surface area contributed by atoms with E-state index in [2.05, 4.69) is 4.98 Å². The minimum atomic E-state index is -2.93. The molecule has 0 unspecified atom stereocenters. The third kappa shape index (κ3) is 1.82. The first-order chi connectivity index (χ1) is 5.54. The molecule has 0 spiro atoms. The molecule has 0 N–H and O–H groups in total. The van der Waals surface area contributed by atoms with Crippen LogP contribution in [0.1, 0.15) is 12.1 Å². The van der Waals surface area contributed by atoms with Crippen LogP contribution in [0.3, 0.4) is 0 Å². The molecule has 1 nitrogen and oxygen atoms in total. The molecule has 6 heteroatoms. The van der Waals surface area contributed by atoms with E-state index in [9.17, 15) is 13.2 Å². The molecule has 0 saturated carbocycles. The summed E-state index contributed by atoms with van der Waals surface area (Å²) < 4.78 is 37.1. The molecule has 66 valence electrons. The van der Waals surface area contributed by atoms with Crippen molar-refractivity contribution < 1.29 is 13.2 Å². The molecule has 0 aliphatic rings. The Morgan fingerprint density at radius 3 is 2.58 bits per heavy atom. The summed E-state index contributed by atoms with van der Waals surface area (Å²) >= 11 is 7.08. The highest BCUT2D eigenvalue weighted by molar-refractivity contribution is 14.1. The average molecular weight is 307 g/mol. The van der Waals surface area contributed by atoms with Gasteiger partial charge in [0.05, 0.1) is 8.59 Å². The summed E-state index contributed by atoms with van der Waals surface area (Å²) in [5.41, 5.74) is -0.902. The van der Waals surface area contributed by atoms with Crippen molar-refractivity contribution in [1.82, 2.24) is 4.98 Å². The maximum atomic E-state index is 12.8. The first-order valence-corrected chi connectivity index (χ1v) is 4.27. The number of rotatable bonds is 1. The highest BCUT2D eigenvalue weighted by Gasteiger charge is 2.18. The highest BCUT2D eigenvalue weighted by atomic mass is 127. The van der Waals surface area contributed by atoms with E-state index >= 15 is 0 Å². The van der Waals surface area contributed by atoms with E-state index in [0.29, 0.717) is 3.57 Å². The molecule has 0 amide bonds. The molecule has 1 rings (SSSR count). The lowest BCUT2D eigenvalue weighted by molar-refractivity contribution is 0.140. The lowest BCUT2D eigenvalue weighted by atomic mass is 10.3. The Hall–Kier alpha value is -0.0400. The summed E-state index contributed by atoms with van der Waals surface area (Å²) in [4.78, 5) is 3.22. The monoisotopic (exact) mass is 307 g/mol. The summed E-state index contributed by atoms with van der Waals surface area (Å²) in [6.07, 6.45) is -1.83. The van der Waals surface area contributed by atoms with Crippen molar-refractivity contribution in [1.29, 1.82) is 0 Å². The number of hydrogen-bond donors (Lipinski definition) is 0. The predicted molar refractivity (Wildman–Crippen MR) is 46.9 cm³/mol. The molecule has 0 bridgehead atoms. The largest absolute Gasteiger partial charge is 0.283 e. The van der Waals surface area contributed by atoms with Crippen LogP contribution in [0.5, 0.6) is 0 Å². The standard InChI is InChI=1S/C6H2ClF3IN/c7-3-2(11)1-12-5(4(3)8)6(9)10/h1,6H. The zero-order valence-corrected chi connectivity index (χ0v) is 8.41. The fourth-order valence-electron chi connectivity index (χ4n) is 0.609. The summed E-state index contributed by atoms with van der Waals surface area (Å²) in [5, 5.41) is -0.305. The minimum Gasteiger partial charge on any atom is -0.251 e. The van der Waals surface area contributed by atoms with Gasteiger partial charge in [0.25, 0.3) is 6.43 Å². The molecule has 12 heavy (non-hydrogen) atoms. The zero-order chi connectivity index (χ0) is 9.30. The van der Waals surface area contributed by atoms with Crippen molar-refractivity contribution >= 4 is 34.2 Å². The Bertz CT molecular complexity index is 305. The van der Waals surface area contributed by atoms with Crippen LogP contribution in [0.15, 0.2) is 6.20 Å². The van der Waals surface area contributed by atoms with Crippen molar-refractivity contribution in [2.24, 2.45) is 0 Å². The number of halogens is 5. The van der Waals surface area contributed by atoms with Gasteiger partial charge in [-0.05, 0) is 22.6 Å². The second kappa shape index (κ2) is 3.78. The van der Waals surface area contributed by atoms with Gasteiger partial charge in [0, 0.05) is 6.20 Å². The highest BCUT2D eigenvalue weighted by Crippen LogP contribution is 2.27. The van der Waals surface area contributed by atoms with E-state index in [0.717, 1.165) is 6.20 Å². The van der Waals surface area contributed by atoms with Gasteiger partial charge in [-0.25, -0.2) is 13.2 Å². The van der Waals surface area contributed by atoms with Crippen LogP contribution in [0.4, 0.5) is 13.2 Å². The van der Waals surface area contributed by atoms with Crippen molar-refractivity contribution in [3.05, 3.63) is 26.3 Å². The Balaban J connectivity index is 3.27. The Morgan fingerprint density at radius 1 is 1.50 bits per heavy atom. The van der Waals surface area contributed by atoms with Gasteiger partial charge in [-0.1, -0.05) is 11.6 Å². The lowest BCUT2D eigenvalue weighted by Crippen LogP contribution is -1.97. The molecule has 0 atom stereocenters. The fourth-order valence-corrected chi connectivity index (χ4v) is 1.13. The van der Waals surface area contributed by atoms with Crippen LogP contribution < -0.4 is 0 Å². The third-order valence-electron chi connectivity index (χ3n) is 1.15. The lowest BCUT2D eigenvalue weighted by Gasteiger charge is -2.02. The SMILES string of the molecule is Fc1c(C(F)F)ncc(I)c1Cl. The maximum Gasteiger partial charge on any atom is 0.283 e. The minimum absolute atomic E-state index is 0.305. The van der Waals surface area contributed by atoms with E-state index in [1.807, 2.05) is 0 Å². The summed E-state index contributed by atoms with van der Waals surface area (Å²) in [6.45, 7) is 0. The van der Waals surface area contributed by atoms with Crippen LogP contribution in [-0.4, -0.2) is 4.98 Å². The Labute approximate surface area is 85.1 Å². The average Bonchev–Trinajstić information content (AvgIpc) is 2.00. The molecule has 0 saturated heterocycles. The molecule has 0 aliphatic carbocycles. The van der Waals surface area contributed by atoms with Gasteiger partial charge in [-0.3, -0.25) is 4.98 Å². The predicted octanol–water partition coefficient (Wildman–Crippen LogP) is 3.42. The second-order valence-electron chi connectivity index (χ2n) is 1.92. The number of pyridine rings is 1. The van der Waals surface area contributed by atoms with Crippen molar-refractivity contribution in [2.45, 2.75) is 6.43 Å². The van der Waals surface area contributed by atoms with Crippen molar-refractivity contribution in [3.8, 4) is 0 Å². The van der Waals surface area contributed by atoms with Crippen LogP contribution in [-0.2, 0) is 0 Å². The number of nitrogens with zero attached hydrogens (tertiary/aromatic N) is 1. The molecule has 0 aromatic carbocycles. The Morgan fingerprint density at radius 2 is 2.08 bits per heavy atom.